The minimum Gasteiger partial charge on any atom is -0.402 e. The first-order chi connectivity index (χ1) is 8.95. The minimum atomic E-state index is -5.23. The monoisotopic (exact) mass is 384 g/mol. The van der Waals surface area contributed by atoms with Gasteiger partial charge in [-0.25, -0.2) is 27.3 Å². The summed E-state index contributed by atoms with van der Waals surface area (Å²) in [6.45, 7) is 0. The van der Waals surface area contributed by atoms with Gasteiger partial charge in [0.2, 0.25) is 10.0 Å². The highest BCUT2D eigenvalue weighted by atomic mass is 79.9. The first-order valence-corrected chi connectivity index (χ1v) is 7.29. The van der Waals surface area contributed by atoms with Gasteiger partial charge in [0.15, 0.2) is 5.75 Å². The van der Waals surface area contributed by atoms with Crippen LogP contribution < -0.4 is 9.88 Å². The third kappa shape index (κ3) is 4.24. The van der Waals surface area contributed by atoms with Crippen LogP contribution in [0, 0.1) is 0 Å². The largest absolute Gasteiger partial charge is 0.573 e. The van der Waals surface area contributed by atoms with Gasteiger partial charge in [-0.2, -0.15) is 0 Å². The van der Waals surface area contributed by atoms with Gasteiger partial charge in [-0.1, -0.05) is 15.9 Å². The topological polar surface area (TPSA) is 82.3 Å². The second-order valence-electron chi connectivity index (χ2n) is 3.35. The average molecular weight is 385 g/mol. The average Bonchev–Trinajstić information content (AvgIpc) is 2.25. The Hall–Kier alpha value is -1.01. The van der Waals surface area contributed by atoms with Crippen LogP contribution >= 0.6 is 15.9 Å². The molecular formula is C8H6BrF5N2O3S. The van der Waals surface area contributed by atoms with E-state index in [4.69, 9.17) is 5.14 Å². The number of halogens is 6. The summed E-state index contributed by atoms with van der Waals surface area (Å²) in [5.74, 6) is -1.23. The molecule has 1 heterocycles. The van der Waals surface area contributed by atoms with Crippen LogP contribution in [0.5, 0.6) is 5.75 Å². The molecule has 1 rings (SSSR count). The van der Waals surface area contributed by atoms with Gasteiger partial charge in [-0.15, -0.1) is 13.2 Å². The van der Waals surface area contributed by atoms with Gasteiger partial charge in [0.05, 0.1) is 5.69 Å². The molecule has 0 aliphatic rings. The summed E-state index contributed by atoms with van der Waals surface area (Å²) in [5.41, 5.74) is -1.69. The van der Waals surface area contributed by atoms with E-state index in [1.54, 1.807) is 0 Å². The lowest BCUT2D eigenvalue weighted by atomic mass is 10.3. The summed E-state index contributed by atoms with van der Waals surface area (Å²) in [6, 6.07) is 0.243. The van der Waals surface area contributed by atoms with E-state index in [1.807, 2.05) is 0 Å². The SMILES string of the molecule is NS(=O)(=O)c1cc(C(F)F)nc(CBr)c1OC(F)(F)F. The molecule has 114 valence electrons. The number of hydrogen-bond donors (Lipinski definition) is 1. The number of hydrogen-bond acceptors (Lipinski definition) is 4. The molecule has 0 aliphatic carbocycles. The van der Waals surface area contributed by atoms with Gasteiger partial charge >= 0.3 is 6.36 Å². The zero-order chi connectivity index (χ0) is 15.7. The van der Waals surface area contributed by atoms with E-state index in [0.29, 0.717) is 0 Å². The van der Waals surface area contributed by atoms with Crippen molar-refractivity contribution in [1.82, 2.24) is 4.98 Å². The fraction of sp³-hybridized carbons (Fsp3) is 0.375. The van der Waals surface area contributed by atoms with E-state index in [9.17, 15) is 30.4 Å². The maximum atomic E-state index is 12.5. The van der Waals surface area contributed by atoms with E-state index < -0.39 is 50.2 Å². The van der Waals surface area contributed by atoms with Crippen molar-refractivity contribution < 1.29 is 35.1 Å². The highest BCUT2D eigenvalue weighted by Crippen LogP contribution is 2.35. The van der Waals surface area contributed by atoms with Crippen LogP contribution in [0.1, 0.15) is 17.8 Å². The Kier molecular flexibility index (Phi) is 4.92. The molecule has 0 unspecified atom stereocenters. The molecule has 0 radical (unpaired) electrons. The summed E-state index contributed by atoms with van der Waals surface area (Å²) in [6.07, 6.45) is -8.42. The smallest absolute Gasteiger partial charge is 0.402 e. The van der Waals surface area contributed by atoms with Crippen LogP contribution in [0.3, 0.4) is 0 Å². The Labute approximate surface area is 118 Å². The van der Waals surface area contributed by atoms with Crippen molar-refractivity contribution >= 4 is 26.0 Å². The van der Waals surface area contributed by atoms with Crippen LogP contribution in [0.2, 0.25) is 0 Å². The van der Waals surface area contributed by atoms with Crippen molar-refractivity contribution in [1.29, 1.82) is 0 Å². The van der Waals surface area contributed by atoms with Crippen LogP contribution in [0.15, 0.2) is 11.0 Å². The summed E-state index contributed by atoms with van der Waals surface area (Å²) >= 11 is 2.71. The number of rotatable bonds is 4. The van der Waals surface area contributed by atoms with Gasteiger partial charge in [0.1, 0.15) is 10.6 Å². The summed E-state index contributed by atoms with van der Waals surface area (Å²) < 4.78 is 87.8. The van der Waals surface area contributed by atoms with E-state index in [-0.39, 0.29) is 6.07 Å². The number of sulfonamides is 1. The number of nitrogens with zero attached hydrogens (tertiary/aromatic N) is 1. The zero-order valence-electron chi connectivity index (χ0n) is 9.29. The Morgan fingerprint density at radius 3 is 2.30 bits per heavy atom. The van der Waals surface area contributed by atoms with Crippen molar-refractivity contribution in [3.63, 3.8) is 0 Å². The second-order valence-corrected chi connectivity index (χ2v) is 5.44. The molecule has 0 spiro atoms. The number of ether oxygens (including phenoxy) is 1. The van der Waals surface area contributed by atoms with Crippen LogP contribution in [0.4, 0.5) is 22.0 Å². The lowest BCUT2D eigenvalue weighted by molar-refractivity contribution is -0.276. The van der Waals surface area contributed by atoms with Crippen LogP contribution in [-0.2, 0) is 15.4 Å². The lowest BCUT2D eigenvalue weighted by Crippen LogP contribution is -2.23. The summed E-state index contributed by atoms with van der Waals surface area (Å²) in [4.78, 5) is 1.99. The Bertz CT molecular complexity index is 605. The fourth-order valence-electron chi connectivity index (χ4n) is 1.22. The highest BCUT2D eigenvalue weighted by molar-refractivity contribution is 9.08. The molecule has 12 heteroatoms. The number of primary sulfonamides is 1. The summed E-state index contributed by atoms with van der Waals surface area (Å²) in [7, 11) is -4.71. The van der Waals surface area contributed by atoms with Gasteiger partial charge in [0.25, 0.3) is 6.43 Å². The normalized spacial score (nSPS) is 12.8. The fourth-order valence-corrected chi connectivity index (χ4v) is 2.30. The molecule has 0 bridgehead atoms. The molecule has 0 amide bonds. The number of alkyl halides is 6. The first kappa shape index (κ1) is 17.0. The molecule has 0 aromatic carbocycles. The Morgan fingerprint density at radius 1 is 1.40 bits per heavy atom. The molecule has 0 aliphatic heterocycles. The predicted molar refractivity (Wildman–Crippen MR) is 59.9 cm³/mol. The van der Waals surface area contributed by atoms with Crippen molar-refractivity contribution in [3.8, 4) is 5.75 Å². The van der Waals surface area contributed by atoms with Gasteiger partial charge < -0.3 is 4.74 Å². The van der Waals surface area contributed by atoms with Gasteiger partial charge in [-0.05, 0) is 6.07 Å². The van der Waals surface area contributed by atoms with Gasteiger partial charge in [0, 0.05) is 5.33 Å². The Morgan fingerprint density at radius 2 is 1.95 bits per heavy atom. The molecule has 1 aromatic rings. The van der Waals surface area contributed by atoms with E-state index in [0.717, 1.165) is 0 Å². The maximum absolute atomic E-state index is 12.5. The minimum absolute atomic E-state index is 0.243. The molecule has 2 N–H and O–H groups in total. The number of pyridine rings is 1. The molecule has 0 saturated carbocycles. The highest BCUT2D eigenvalue weighted by Gasteiger charge is 2.36. The molecule has 0 fully saturated rings. The molecule has 0 saturated heterocycles. The number of aromatic nitrogens is 1. The van der Waals surface area contributed by atoms with Crippen LogP contribution in [0.25, 0.3) is 0 Å². The molecular weight excluding hydrogens is 379 g/mol. The zero-order valence-corrected chi connectivity index (χ0v) is 11.7. The Balaban J connectivity index is 3.61. The van der Waals surface area contributed by atoms with E-state index >= 15 is 0 Å². The quantitative estimate of drug-likeness (QED) is 0.638. The van der Waals surface area contributed by atoms with Crippen molar-refractivity contribution in [2.75, 3.05) is 0 Å². The molecule has 5 nitrogen and oxygen atoms in total. The van der Waals surface area contributed by atoms with Crippen molar-refractivity contribution in [2.24, 2.45) is 5.14 Å². The van der Waals surface area contributed by atoms with Crippen molar-refractivity contribution in [2.45, 2.75) is 23.0 Å². The maximum Gasteiger partial charge on any atom is 0.573 e. The van der Waals surface area contributed by atoms with Crippen molar-refractivity contribution in [3.05, 3.63) is 17.5 Å². The predicted octanol–water partition coefficient (Wildman–Crippen LogP) is 2.46. The summed E-state index contributed by atoms with van der Waals surface area (Å²) in [5, 5.41) is 4.26. The number of nitrogens with two attached hydrogens (primary N) is 1. The van der Waals surface area contributed by atoms with E-state index in [1.165, 1.54) is 0 Å². The second kappa shape index (κ2) is 5.77. The third-order valence-electron chi connectivity index (χ3n) is 1.90. The van der Waals surface area contributed by atoms with Gasteiger partial charge in [-0.3, -0.25) is 0 Å². The van der Waals surface area contributed by atoms with Crippen LogP contribution in [-0.4, -0.2) is 19.8 Å². The molecule has 1 aromatic heterocycles. The standard InChI is InChI=1S/C8H6BrF5N2O3S/c9-2-4-6(19-8(12,13)14)5(20(15,17)18)1-3(16-4)7(10)11/h1,7H,2H2,(H2,15,17,18). The first-order valence-electron chi connectivity index (χ1n) is 4.62. The van der Waals surface area contributed by atoms with E-state index in [2.05, 4.69) is 25.7 Å². The lowest BCUT2D eigenvalue weighted by Gasteiger charge is -2.16. The third-order valence-corrected chi connectivity index (χ3v) is 3.35. The molecule has 0 atom stereocenters. The molecule has 20 heavy (non-hydrogen) atoms.